The Bertz CT molecular complexity index is 714. The molecule has 0 aliphatic carbocycles. The van der Waals surface area contributed by atoms with E-state index in [1.54, 1.807) is 11.3 Å². The maximum absolute atomic E-state index is 10.7. The zero-order chi connectivity index (χ0) is 17.4. The average Bonchev–Trinajstić information content (AvgIpc) is 3.22. The van der Waals surface area contributed by atoms with Crippen LogP contribution in [0.2, 0.25) is 0 Å². The van der Waals surface area contributed by atoms with Crippen molar-refractivity contribution in [2.45, 2.75) is 38.8 Å². The van der Waals surface area contributed by atoms with Gasteiger partial charge in [0.2, 0.25) is 5.89 Å². The molecule has 0 saturated carbocycles. The van der Waals surface area contributed by atoms with Gasteiger partial charge in [0.15, 0.2) is 0 Å². The van der Waals surface area contributed by atoms with E-state index in [2.05, 4.69) is 16.8 Å². The lowest BCUT2D eigenvalue weighted by Crippen LogP contribution is -2.58. The number of aliphatic hydroxyl groups excluding tert-OH is 1. The third-order valence-electron chi connectivity index (χ3n) is 5.76. The van der Waals surface area contributed by atoms with Crippen molar-refractivity contribution in [3.63, 3.8) is 0 Å². The van der Waals surface area contributed by atoms with Crippen LogP contribution >= 0.6 is 11.3 Å². The molecule has 4 heterocycles. The Kier molecular flexibility index (Phi) is 4.71. The van der Waals surface area contributed by atoms with Crippen molar-refractivity contribution >= 4 is 11.3 Å². The lowest BCUT2D eigenvalue weighted by Gasteiger charge is -2.50. The smallest absolute Gasteiger partial charge is 0.236 e. The largest absolute Gasteiger partial charge is 0.440 e. The molecule has 1 N–H and O–H groups in total. The fourth-order valence-electron chi connectivity index (χ4n) is 4.46. The maximum Gasteiger partial charge on any atom is 0.236 e. The first-order chi connectivity index (χ1) is 12.1. The standard InChI is InChI=1S/C19H27N3O2S/c1-14-15(20-18(24-14)16-5-3-10-25-16)11-22-8-4-7-19(13-22)12-21(2)9-6-17(19)23/h3,5,10,17,23H,4,6-9,11-13H2,1-2H3/t17-,19-/m0/s1. The molecule has 2 fully saturated rings. The van der Waals surface area contributed by atoms with Gasteiger partial charge >= 0.3 is 0 Å². The van der Waals surface area contributed by atoms with E-state index in [-0.39, 0.29) is 11.5 Å². The first-order valence-corrected chi connectivity index (χ1v) is 10.0. The van der Waals surface area contributed by atoms with E-state index in [0.29, 0.717) is 0 Å². The summed E-state index contributed by atoms with van der Waals surface area (Å²) in [6.07, 6.45) is 2.95. The van der Waals surface area contributed by atoms with Gasteiger partial charge < -0.3 is 14.4 Å². The lowest BCUT2D eigenvalue weighted by molar-refractivity contribution is -0.0809. The molecule has 0 amide bonds. The Hall–Kier alpha value is -1.21. The summed E-state index contributed by atoms with van der Waals surface area (Å²) in [5, 5.41) is 12.7. The number of hydrogen-bond donors (Lipinski definition) is 1. The molecule has 0 radical (unpaired) electrons. The Morgan fingerprint density at radius 1 is 1.40 bits per heavy atom. The number of hydrogen-bond acceptors (Lipinski definition) is 6. The third kappa shape index (κ3) is 3.40. The Balaban J connectivity index is 1.49. The second-order valence-electron chi connectivity index (χ2n) is 7.72. The fraction of sp³-hybridized carbons (Fsp3) is 0.632. The van der Waals surface area contributed by atoms with E-state index in [1.807, 2.05) is 24.4 Å². The third-order valence-corrected chi connectivity index (χ3v) is 6.62. The minimum Gasteiger partial charge on any atom is -0.440 e. The summed E-state index contributed by atoms with van der Waals surface area (Å²) in [6, 6.07) is 4.07. The van der Waals surface area contributed by atoms with Crippen molar-refractivity contribution < 1.29 is 9.52 Å². The molecular formula is C19H27N3O2S. The molecule has 4 rings (SSSR count). The van der Waals surface area contributed by atoms with E-state index in [4.69, 9.17) is 9.40 Å². The van der Waals surface area contributed by atoms with Crippen LogP contribution in [0, 0.1) is 12.3 Å². The molecule has 2 aliphatic heterocycles. The second-order valence-corrected chi connectivity index (χ2v) is 8.67. The zero-order valence-electron chi connectivity index (χ0n) is 15.1. The van der Waals surface area contributed by atoms with E-state index < -0.39 is 0 Å². The highest BCUT2D eigenvalue weighted by molar-refractivity contribution is 7.13. The van der Waals surface area contributed by atoms with Gasteiger partial charge in [0.1, 0.15) is 5.76 Å². The maximum atomic E-state index is 10.7. The minimum atomic E-state index is -0.188. The number of piperidine rings is 2. The number of likely N-dealkylation sites (tertiary alicyclic amines) is 2. The Labute approximate surface area is 153 Å². The highest BCUT2D eigenvalue weighted by Crippen LogP contribution is 2.39. The first kappa shape index (κ1) is 17.2. The monoisotopic (exact) mass is 361 g/mol. The van der Waals surface area contributed by atoms with Crippen molar-refractivity contribution in [1.82, 2.24) is 14.8 Å². The van der Waals surface area contributed by atoms with Gasteiger partial charge in [0, 0.05) is 31.6 Å². The van der Waals surface area contributed by atoms with Gasteiger partial charge in [-0.3, -0.25) is 4.90 Å². The van der Waals surface area contributed by atoms with Crippen LogP contribution in [0.4, 0.5) is 0 Å². The highest BCUT2D eigenvalue weighted by Gasteiger charge is 2.44. The van der Waals surface area contributed by atoms with Gasteiger partial charge in [0.25, 0.3) is 0 Å². The molecule has 0 aromatic carbocycles. The average molecular weight is 362 g/mol. The molecule has 0 bridgehead atoms. The van der Waals surface area contributed by atoms with Crippen LogP contribution < -0.4 is 0 Å². The van der Waals surface area contributed by atoms with Gasteiger partial charge in [-0.15, -0.1) is 11.3 Å². The van der Waals surface area contributed by atoms with E-state index in [1.165, 1.54) is 0 Å². The van der Waals surface area contributed by atoms with Gasteiger partial charge in [-0.2, -0.15) is 0 Å². The number of aliphatic hydroxyl groups is 1. The van der Waals surface area contributed by atoms with Crippen LogP contribution in [0.3, 0.4) is 0 Å². The lowest BCUT2D eigenvalue weighted by atomic mass is 9.71. The van der Waals surface area contributed by atoms with Gasteiger partial charge in [-0.25, -0.2) is 4.98 Å². The van der Waals surface area contributed by atoms with Crippen LogP contribution in [0.25, 0.3) is 10.8 Å². The molecule has 5 nitrogen and oxygen atoms in total. The summed E-state index contributed by atoms with van der Waals surface area (Å²) in [7, 11) is 2.17. The van der Waals surface area contributed by atoms with Crippen molar-refractivity contribution in [3.8, 4) is 10.8 Å². The Morgan fingerprint density at radius 3 is 3.08 bits per heavy atom. The van der Waals surface area contributed by atoms with Crippen molar-refractivity contribution in [2.75, 3.05) is 33.2 Å². The minimum absolute atomic E-state index is 0.0134. The molecule has 2 saturated heterocycles. The summed E-state index contributed by atoms with van der Waals surface area (Å²) in [6.45, 7) is 6.80. The Morgan fingerprint density at radius 2 is 2.28 bits per heavy atom. The first-order valence-electron chi connectivity index (χ1n) is 9.15. The van der Waals surface area contributed by atoms with E-state index in [0.717, 1.165) is 74.2 Å². The van der Waals surface area contributed by atoms with Crippen molar-refractivity contribution in [2.24, 2.45) is 5.41 Å². The van der Waals surface area contributed by atoms with Crippen molar-refractivity contribution in [1.29, 1.82) is 0 Å². The van der Waals surface area contributed by atoms with Crippen LogP contribution in [-0.2, 0) is 6.54 Å². The predicted molar refractivity (Wildman–Crippen MR) is 99.6 cm³/mol. The van der Waals surface area contributed by atoms with E-state index >= 15 is 0 Å². The summed E-state index contributed by atoms with van der Waals surface area (Å²) in [4.78, 5) is 10.6. The number of aromatic nitrogens is 1. The van der Waals surface area contributed by atoms with Crippen LogP contribution in [0.1, 0.15) is 30.7 Å². The number of thiophene rings is 1. The number of oxazole rings is 1. The predicted octanol–water partition coefficient (Wildman–Crippen LogP) is 2.99. The topological polar surface area (TPSA) is 52.7 Å². The highest BCUT2D eigenvalue weighted by atomic mass is 32.1. The van der Waals surface area contributed by atoms with Gasteiger partial charge in [-0.1, -0.05) is 6.07 Å². The molecule has 2 atom stereocenters. The molecule has 2 aromatic heterocycles. The van der Waals surface area contributed by atoms with E-state index in [9.17, 15) is 5.11 Å². The van der Waals surface area contributed by atoms with Crippen LogP contribution in [0.5, 0.6) is 0 Å². The number of aryl methyl sites for hydroxylation is 1. The number of rotatable bonds is 3. The summed E-state index contributed by atoms with van der Waals surface area (Å²) in [5.41, 5.74) is 1.04. The molecular weight excluding hydrogens is 334 g/mol. The molecule has 1 spiro atoms. The summed E-state index contributed by atoms with van der Waals surface area (Å²) < 4.78 is 5.89. The summed E-state index contributed by atoms with van der Waals surface area (Å²) in [5.74, 6) is 1.64. The molecule has 25 heavy (non-hydrogen) atoms. The molecule has 0 unspecified atom stereocenters. The normalized spacial score (nSPS) is 28.7. The van der Waals surface area contributed by atoms with Gasteiger partial charge in [-0.05, 0) is 51.2 Å². The van der Waals surface area contributed by atoms with Crippen LogP contribution in [0.15, 0.2) is 21.9 Å². The fourth-order valence-corrected chi connectivity index (χ4v) is 5.11. The quantitative estimate of drug-likeness (QED) is 0.911. The van der Waals surface area contributed by atoms with Gasteiger partial charge in [0.05, 0.1) is 16.7 Å². The second kappa shape index (κ2) is 6.83. The molecule has 2 aliphatic rings. The molecule has 2 aromatic rings. The molecule has 136 valence electrons. The summed E-state index contributed by atoms with van der Waals surface area (Å²) >= 11 is 1.65. The van der Waals surface area contributed by atoms with Crippen molar-refractivity contribution in [3.05, 3.63) is 29.0 Å². The number of nitrogens with zero attached hydrogens (tertiary/aromatic N) is 3. The molecule has 6 heteroatoms. The SMILES string of the molecule is Cc1oc(-c2cccs2)nc1CN1CCC[C@]2(CN(C)CC[C@@H]2O)C1. The zero-order valence-corrected chi connectivity index (χ0v) is 15.9. The van der Waals surface area contributed by atoms with Crippen LogP contribution in [-0.4, -0.2) is 59.2 Å².